The van der Waals surface area contributed by atoms with Gasteiger partial charge in [0.1, 0.15) is 0 Å². The number of hydrogen-bond donors (Lipinski definition) is 0. The van der Waals surface area contributed by atoms with Gasteiger partial charge in [-0.05, 0) is 38.5 Å². The molecule has 16 heavy (non-hydrogen) atoms. The van der Waals surface area contributed by atoms with Gasteiger partial charge in [0.2, 0.25) is 0 Å². The second-order valence-corrected chi connectivity index (χ2v) is 5.12. The molecular formula is C13H20N2O. The molecule has 0 saturated heterocycles. The van der Waals surface area contributed by atoms with E-state index in [0.29, 0.717) is 12.1 Å². The van der Waals surface area contributed by atoms with Crippen molar-refractivity contribution in [3.63, 3.8) is 0 Å². The van der Waals surface area contributed by atoms with Crippen LogP contribution in [0.4, 0.5) is 0 Å². The molecule has 88 valence electrons. The van der Waals surface area contributed by atoms with Gasteiger partial charge in [-0.15, -0.1) is 0 Å². The minimum absolute atomic E-state index is 0.446. The third-order valence-electron chi connectivity index (χ3n) is 3.88. The van der Waals surface area contributed by atoms with Crippen molar-refractivity contribution >= 4 is 0 Å². The zero-order valence-corrected chi connectivity index (χ0v) is 9.77. The molecule has 1 aromatic rings. The van der Waals surface area contributed by atoms with Gasteiger partial charge in [0.25, 0.3) is 0 Å². The Balaban J connectivity index is 1.62. The molecule has 3 heteroatoms. The quantitative estimate of drug-likeness (QED) is 0.781. The van der Waals surface area contributed by atoms with Crippen molar-refractivity contribution in [2.75, 3.05) is 0 Å². The molecule has 0 aromatic carbocycles. The lowest BCUT2D eigenvalue weighted by Gasteiger charge is -2.11. The molecule has 0 bridgehead atoms. The van der Waals surface area contributed by atoms with Gasteiger partial charge in [0.05, 0.1) is 24.5 Å². The number of ether oxygens (including phenoxy) is 1. The summed E-state index contributed by atoms with van der Waals surface area (Å²) in [6.07, 6.45) is 14.8. The van der Waals surface area contributed by atoms with Crippen molar-refractivity contribution in [1.82, 2.24) is 9.78 Å². The van der Waals surface area contributed by atoms with E-state index in [1.807, 2.05) is 6.20 Å². The minimum Gasteiger partial charge on any atom is -0.487 e. The third kappa shape index (κ3) is 2.08. The van der Waals surface area contributed by atoms with Crippen molar-refractivity contribution in [3.05, 3.63) is 12.4 Å². The highest BCUT2D eigenvalue weighted by molar-refractivity contribution is 5.13. The fraction of sp³-hybridized carbons (Fsp3) is 0.769. The zero-order chi connectivity index (χ0) is 10.8. The van der Waals surface area contributed by atoms with Crippen LogP contribution in [0.25, 0.3) is 0 Å². The Morgan fingerprint density at radius 1 is 1.06 bits per heavy atom. The molecular weight excluding hydrogens is 200 g/mol. The van der Waals surface area contributed by atoms with E-state index in [1.165, 1.54) is 51.4 Å². The Labute approximate surface area is 96.8 Å². The van der Waals surface area contributed by atoms with Crippen molar-refractivity contribution in [2.45, 2.75) is 63.5 Å². The fourth-order valence-corrected chi connectivity index (χ4v) is 2.95. The van der Waals surface area contributed by atoms with Crippen molar-refractivity contribution in [2.24, 2.45) is 0 Å². The smallest absolute Gasteiger partial charge is 0.157 e. The molecule has 2 aliphatic carbocycles. The largest absolute Gasteiger partial charge is 0.487 e. The number of rotatable bonds is 3. The van der Waals surface area contributed by atoms with E-state index in [1.54, 1.807) is 0 Å². The first-order chi connectivity index (χ1) is 7.92. The summed E-state index contributed by atoms with van der Waals surface area (Å²) < 4.78 is 8.04. The average Bonchev–Trinajstić information content (AvgIpc) is 2.99. The second kappa shape index (κ2) is 4.48. The average molecular weight is 220 g/mol. The molecule has 0 amide bonds. The Kier molecular flexibility index (Phi) is 2.85. The van der Waals surface area contributed by atoms with Crippen LogP contribution in [0.3, 0.4) is 0 Å². The predicted octanol–water partition coefficient (Wildman–Crippen LogP) is 3.32. The topological polar surface area (TPSA) is 27.1 Å². The molecule has 1 aromatic heterocycles. The highest BCUT2D eigenvalue weighted by Gasteiger charge is 2.20. The first-order valence-electron chi connectivity index (χ1n) is 6.62. The van der Waals surface area contributed by atoms with Crippen molar-refractivity contribution in [1.29, 1.82) is 0 Å². The molecule has 0 aliphatic heterocycles. The van der Waals surface area contributed by atoms with E-state index in [9.17, 15) is 0 Å². The van der Waals surface area contributed by atoms with Gasteiger partial charge in [0.15, 0.2) is 5.75 Å². The Hall–Kier alpha value is -0.990. The van der Waals surface area contributed by atoms with Crippen LogP contribution in [0.2, 0.25) is 0 Å². The first-order valence-corrected chi connectivity index (χ1v) is 6.62. The van der Waals surface area contributed by atoms with E-state index < -0.39 is 0 Å². The molecule has 2 fully saturated rings. The first kappa shape index (κ1) is 10.2. The maximum atomic E-state index is 5.93. The standard InChI is InChI=1S/C13H20N2O/c1-2-6-11(5-1)15-10-13(9-14-15)16-12-7-3-4-8-12/h9-12H,1-8H2. The lowest BCUT2D eigenvalue weighted by molar-refractivity contribution is 0.209. The van der Waals surface area contributed by atoms with Gasteiger partial charge < -0.3 is 4.74 Å². The molecule has 2 saturated carbocycles. The van der Waals surface area contributed by atoms with Crippen LogP contribution in [-0.4, -0.2) is 15.9 Å². The van der Waals surface area contributed by atoms with E-state index >= 15 is 0 Å². The number of hydrogen-bond acceptors (Lipinski definition) is 2. The molecule has 1 heterocycles. The highest BCUT2D eigenvalue weighted by Crippen LogP contribution is 2.30. The summed E-state index contributed by atoms with van der Waals surface area (Å²) in [5, 5.41) is 4.43. The molecule has 0 radical (unpaired) electrons. The van der Waals surface area contributed by atoms with E-state index in [4.69, 9.17) is 4.74 Å². The Morgan fingerprint density at radius 3 is 2.50 bits per heavy atom. The minimum atomic E-state index is 0.446. The monoisotopic (exact) mass is 220 g/mol. The maximum absolute atomic E-state index is 5.93. The van der Waals surface area contributed by atoms with Crippen LogP contribution >= 0.6 is 0 Å². The summed E-state index contributed by atoms with van der Waals surface area (Å²) in [4.78, 5) is 0. The van der Waals surface area contributed by atoms with Gasteiger partial charge in [-0.2, -0.15) is 5.10 Å². The van der Waals surface area contributed by atoms with Crippen LogP contribution in [0.5, 0.6) is 5.75 Å². The van der Waals surface area contributed by atoms with Crippen LogP contribution in [0.1, 0.15) is 57.4 Å². The van der Waals surface area contributed by atoms with E-state index in [-0.39, 0.29) is 0 Å². The molecule has 2 aliphatic rings. The van der Waals surface area contributed by atoms with Crippen molar-refractivity contribution in [3.8, 4) is 5.75 Å². The Morgan fingerprint density at radius 2 is 1.75 bits per heavy atom. The van der Waals surface area contributed by atoms with Crippen LogP contribution in [0, 0.1) is 0 Å². The molecule has 0 spiro atoms. The summed E-state index contributed by atoms with van der Waals surface area (Å²) in [5.74, 6) is 0.971. The van der Waals surface area contributed by atoms with Gasteiger partial charge in [0, 0.05) is 0 Å². The van der Waals surface area contributed by atoms with E-state index in [0.717, 1.165) is 5.75 Å². The summed E-state index contributed by atoms with van der Waals surface area (Å²) >= 11 is 0. The maximum Gasteiger partial charge on any atom is 0.157 e. The summed E-state index contributed by atoms with van der Waals surface area (Å²) in [5.41, 5.74) is 0. The number of nitrogens with zero attached hydrogens (tertiary/aromatic N) is 2. The SMILES string of the molecule is c1nn(C2CCCC2)cc1OC1CCCC1. The summed E-state index contributed by atoms with van der Waals surface area (Å²) in [6, 6.07) is 0.626. The summed E-state index contributed by atoms with van der Waals surface area (Å²) in [6.45, 7) is 0. The van der Waals surface area contributed by atoms with E-state index in [2.05, 4.69) is 16.0 Å². The second-order valence-electron chi connectivity index (χ2n) is 5.12. The molecule has 0 atom stereocenters. The molecule has 0 unspecified atom stereocenters. The fourth-order valence-electron chi connectivity index (χ4n) is 2.95. The molecule has 3 nitrogen and oxygen atoms in total. The van der Waals surface area contributed by atoms with Gasteiger partial charge in [-0.25, -0.2) is 0 Å². The lowest BCUT2D eigenvalue weighted by Crippen LogP contribution is -2.10. The predicted molar refractivity (Wildman–Crippen MR) is 62.6 cm³/mol. The van der Waals surface area contributed by atoms with Crippen molar-refractivity contribution < 1.29 is 4.74 Å². The number of aromatic nitrogens is 2. The highest BCUT2D eigenvalue weighted by atomic mass is 16.5. The van der Waals surface area contributed by atoms with Gasteiger partial charge in [-0.3, -0.25) is 4.68 Å². The zero-order valence-electron chi connectivity index (χ0n) is 9.77. The van der Waals surface area contributed by atoms with Gasteiger partial charge >= 0.3 is 0 Å². The van der Waals surface area contributed by atoms with Crippen LogP contribution in [0.15, 0.2) is 12.4 Å². The summed E-state index contributed by atoms with van der Waals surface area (Å²) in [7, 11) is 0. The van der Waals surface area contributed by atoms with Crippen LogP contribution in [-0.2, 0) is 0 Å². The lowest BCUT2D eigenvalue weighted by atomic mass is 10.3. The Bertz CT molecular complexity index is 335. The molecule has 0 N–H and O–H groups in total. The van der Waals surface area contributed by atoms with Gasteiger partial charge in [-0.1, -0.05) is 12.8 Å². The van der Waals surface area contributed by atoms with Crippen LogP contribution < -0.4 is 4.74 Å². The molecule has 3 rings (SSSR count). The third-order valence-corrected chi connectivity index (χ3v) is 3.88. The normalized spacial score (nSPS) is 23.0.